The van der Waals surface area contributed by atoms with Gasteiger partial charge >= 0.3 is 0 Å². The van der Waals surface area contributed by atoms with Crippen LogP contribution in [0.2, 0.25) is 0 Å². The van der Waals surface area contributed by atoms with Gasteiger partial charge in [0, 0.05) is 26.2 Å². The second-order valence-electron chi connectivity index (χ2n) is 3.11. The molecule has 1 N–H and O–H groups in total. The molecule has 0 bridgehead atoms. The number of likely N-dealkylation sites (tertiary alicyclic amines) is 1. The Balaban J connectivity index is 2.35. The molecule has 1 radical (unpaired) electrons. The first-order valence-electron chi connectivity index (χ1n) is 4.22. The van der Waals surface area contributed by atoms with E-state index in [-0.39, 0.29) is 18.6 Å². The molecule has 1 heterocycles. The lowest BCUT2D eigenvalue weighted by Gasteiger charge is -2.29. The summed E-state index contributed by atoms with van der Waals surface area (Å²) in [6.07, 6.45) is 1.86. The molecule has 0 aliphatic carbocycles. The molecular weight excluding hydrogens is 156 g/mol. The number of hydrogen-bond donors (Lipinski definition) is 0. The SMILES string of the molecule is COCC(=O)N1CCCC([NH])C1. The quantitative estimate of drug-likeness (QED) is 0.583. The summed E-state index contributed by atoms with van der Waals surface area (Å²) in [6.45, 7) is 1.51. The largest absolute Gasteiger partial charge is 0.375 e. The average Bonchev–Trinajstić information content (AvgIpc) is 2.05. The van der Waals surface area contributed by atoms with Crippen LogP contribution in [-0.2, 0) is 9.53 Å². The van der Waals surface area contributed by atoms with E-state index in [4.69, 9.17) is 10.5 Å². The molecule has 1 fully saturated rings. The van der Waals surface area contributed by atoms with Gasteiger partial charge in [-0.2, -0.15) is 0 Å². The Bertz CT molecular complexity index is 161. The van der Waals surface area contributed by atoms with Crippen LogP contribution in [0.15, 0.2) is 0 Å². The number of ether oxygens (including phenoxy) is 1. The van der Waals surface area contributed by atoms with Gasteiger partial charge in [-0.25, -0.2) is 0 Å². The van der Waals surface area contributed by atoms with Gasteiger partial charge < -0.3 is 9.64 Å². The normalized spacial score (nSPS) is 24.2. The molecule has 1 rings (SSSR count). The zero-order valence-electron chi connectivity index (χ0n) is 7.38. The number of carbonyl (C=O) groups excluding carboxylic acids is 1. The fourth-order valence-corrected chi connectivity index (χ4v) is 1.42. The summed E-state index contributed by atoms with van der Waals surface area (Å²) < 4.78 is 4.74. The highest BCUT2D eigenvalue weighted by Gasteiger charge is 2.20. The molecule has 1 aliphatic heterocycles. The topological polar surface area (TPSA) is 53.3 Å². The van der Waals surface area contributed by atoms with Crippen molar-refractivity contribution in [2.24, 2.45) is 0 Å². The fourth-order valence-electron chi connectivity index (χ4n) is 1.42. The van der Waals surface area contributed by atoms with Crippen molar-refractivity contribution in [3.63, 3.8) is 0 Å². The summed E-state index contributed by atoms with van der Waals surface area (Å²) in [4.78, 5) is 13.0. The Morgan fingerprint density at radius 1 is 1.75 bits per heavy atom. The van der Waals surface area contributed by atoms with E-state index in [0.717, 1.165) is 19.4 Å². The van der Waals surface area contributed by atoms with Crippen LogP contribution < -0.4 is 5.73 Å². The molecular formula is C8H15N2O2. The summed E-state index contributed by atoms with van der Waals surface area (Å²) in [5.74, 6) is 0.00875. The number of carbonyl (C=O) groups is 1. The van der Waals surface area contributed by atoms with Crippen molar-refractivity contribution in [2.45, 2.75) is 18.9 Å². The molecule has 69 valence electrons. The van der Waals surface area contributed by atoms with Crippen molar-refractivity contribution < 1.29 is 9.53 Å². The van der Waals surface area contributed by atoms with Crippen molar-refractivity contribution in [2.75, 3.05) is 26.8 Å². The highest BCUT2D eigenvalue weighted by Crippen LogP contribution is 2.08. The minimum atomic E-state index is -0.0976. The predicted octanol–water partition coefficient (Wildman–Crippen LogP) is -0.0933. The van der Waals surface area contributed by atoms with Crippen molar-refractivity contribution in [3.05, 3.63) is 0 Å². The van der Waals surface area contributed by atoms with E-state index < -0.39 is 0 Å². The van der Waals surface area contributed by atoms with E-state index in [2.05, 4.69) is 0 Å². The molecule has 0 aromatic heterocycles. The molecule has 1 amide bonds. The van der Waals surface area contributed by atoms with Crippen LogP contribution in [0.5, 0.6) is 0 Å². The van der Waals surface area contributed by atoms with Gasteiger partial charge in [0.25, 0.3) is 0 Å². The average molecular weight is 171 g/mol. The van der Waals surface area contributed by atoms with Crippen molar-refractivity contribution in [3.8, 4) is 0 Å². The van der Waals surface area contributed by atoms with Gasteiger partial charge in [-0.05, 0) is 12.8 Å². The van der Waals surface area contributed by atoms with E-state index in [1.165, 1.54) is 7.11 Å². The van der Waals surface area contributed by atoms with E-state index in [1.807, 2.05) is 0 Å². The molecule has 1 aliphatic rings. The summed E-state index contributed by atoms with van der Waals surface area (Å²) in [5.41, 5.74) is 7.49. The molecule has 0 saturated carbocycles. The van der Waals surface area contributed by atoms with Gasteiger partial charge in [0.1, 0.15) is 6.61 Å². The standard InChI is InChI=1S/C8H15N2O2/c1-12-6-8(11)10-4-2-3-7(9)5-10/h7,9H,2-6H2,1H3. The van der Waals surface area contributed by atoms with Crippen LogP contribution >= 0.6 is 0 Å². The summed E-state index contributed by atoms with van der Waals surface area (Å²) in [5, 5.41) is 0. The first-order chi connectivity index (χ1) is 5.74. The number of nitrogens with zero attached hydrogens (tertiary/aromatic N) is 1. The molecule has 12 heavy (non-hydrogen) atoms. The Morgan fingerprint density at radius 2 is 2.50 bits per heavy atom. The van der Waals surface area contributed by atoms with E-state index in [0.29, 0.717) is 6.54 Å². The highest BCUT2D eigenvalue weighted by molar-refractivity contribution is 5.77. The van der Waals surface area contributed by atoms with Gasteiger partial charge in [-0.3, -0.25) is 10.5 Å². The number of hydrogen-bond acceptors (Lipinski definition) is 2. The van der Waals surface area contributed by atoms with Crippen molar-refractivity contribution >= 4 is 5.91 Å². The lowest BCUT2D eigenvalue weighted by atomic mass is 10.1. The monoisotopic (exact) mass is 171 g/mol. The predicted molar refractivity (Wildman–Crippen MR) is 44.6 cm³/mol. The van der Waals surface area contributed by atoms with Gasteiger partial charge in [-0.1, -0.05) is 0 Å². The third kappa shape index (κ3) is 2.46. The molecule has 1 saturated heterocycles. The van der Waals surface area contributed by atoms with E-state index in [9.17, 15) is 4.79 Å². The minimum absolute atomic E-state index is 0.00875. The maximum Gasteiger partial charge on any atom is 0.248 e. The van der Waals surface area contributed by atoms with Gasteiger partial charge in [0.15, 0.2) is 0 Å². The van der Waals surface area contributed by atoms with E-state index in [1.54, 1.807) is 4.90 Å². The molecule has 4 heteroatoms. The maximum atomic E-state index is 11.3. The number of piperidine rings is 1. The number of amides is 1. The first-order valence-corrected chi connectivity index (χ1v) is 4.22. The Morgan fingerprint density at radius 3 is 3.08 bits per heavy atom. The lowest BCUT2D eigenvalue weighted by Crippen LogP contribution is -2.44. The zero-order chi connectivity index (χ0) is 8.97. The van der Waals surface area contributed by atoms with Crippen molar-refractivity contribution in [1.82, 2.24) is 10.6 Å². The Labute approximate surface area is 72.7 Å². The third-order valence-electron chi connectivity index (χ3n) is 2.04. The van der Waals surface area contributed by atoms with Crippen LogP contribution in [0.25, 0.3) is 0 Å². The summed E-state index contributed by atoms with van der Waals surface area (Å²) >= 11 is 0. The Kier molecular flexibility index (Phi) is 3.49. The zero-order valence-corrected chi connectivity index (χ0v) is 7.38. The third-order valence-corrected chi connectivity index (χ3v) is 2.04. The molecule has 4 nitrogen and oxygen atoms in total. The number of rotatable bonds is 2. The van der Waals surface area contributed by atoms with Gasteiger partial charge in [0.2, 0.25) is 5.91 Å². The molecule has 0 aromatic rings. The van der Waals surface area contributed by atoms with Gasteiger partial charge in [0.05, 0.1) is 0 Å². The smallest absolute Gasteiger partial charge is 0.248 e. The van der Waals surface area contributed by atoms with Crippen LogP contribution in [0.3, 0.4) is 0 Å². The fraction of sp³-hybridized carbons (Fsp3) is 0.875. The molecule has 1 unspecified atom stereocenters. The van der Waals surface area contributed by atoms with Gasteiger partial charge in [-0.15, -0.1) is 0 Å². The highest BCUT2D eigenvalue weighted by atomic mass is 16.5. The van der Waals surface area contributed by atoms with Crippen molar-refractivity contribution in [1.29, 1.82) is 0 Å². The molecule has 1 atom stereocenters. The minimum Gasteiger partial charge on any atom is -0.375 e. The van der Waals surface area contributed by atoms with Crippen LogP contribution in [0, 0.1) is 0 Å². The maximum absolute atomic E-state index is 11.3. The second-order valence-corrected chi connectivity index (χ2v) is 3.11. The van der Waals surface area contributed by atoms with Crippen LogP contribution in [0.4, 0.5) is 0 Å². The summed E-state index contributed by atoms with van der Waals surface area (Å²) in [6, 6.07) is -0.0976. The van der Waals surface area contributed by atoms with Crippen LogP contribution in [0.1, 0.15) is 12.8 Å². The first kappa shape index (κ1) is 9.48. The second kappa shape index (κ2) is 4.42. The molecule has 0 spiro atoms. The number of nitrogens with one attached hydrogen (secondary N) is 1. The lowest BCUT2D eigenvalue weighted by molar-refractivity contribution is -0.136. The van der Waals surface area contributed by atoms with E-state index >= 15 is 0 Å². The molecule has 0 aromatic carbocycles. The van der Waals surface area contributed by atoms with Crippen LogP contribution in [-0.4, -0.2) is 43.7 Å². The number of methoxy groups -OCH3 is 1. The summed E-state index contributed by atoms with van der Waals surface area (Å²) in [7, 11) is 1.51. The Hall–Kier alpha value is -0.610.